The van der Waals surface area contributed by atoms with Crippen LogP contribution in [-0.4, -0.2) is 14.1 Å². The third-order valence-corrected chi connectivity index (χ3v) is 10.6. The summed E-state index contributed by atoms with van der Waals surface area (Å²) in [6.07, 6.45) is 0. The summed E-state index contributed by atoms with van der Waals surface area (Å²) in [7, 11) is 0. The van der Waals surface area contributed by atoms with E-state index in [4.69, 9.17) is 0 Å². The predicted octanol–water partition coefficient (Wildman–Crippen LogP) is 12.8. The molecule has 0 aliphatic rings. The van der Waals surface area contributed by atoms with Crippen molar-refractivity contribution in [2.75, 3.05) is 0 Å². The first-order valence-electron chi connectivity index (χ1n) is 17.5. The van der Waals surface area contributed by atoms with Gasteiger partial charge in [-0.15, -0.1) is 0 Å². The number of hydrogen-bond donors (Lipinski definition) is 1. The summed E-state index contributed by atoms with van der Waals surface area (Å²) < 4.78 is 4.80. The maximum Gasteiger partial charge on any atom is 0.0547 e. The van der Waals surface area contributed by atoms with Gasteiger partial charge in [-0.3, -0.25) is 0 Å². The SMILES string of the molecule is c1ccc(-n2c3ccccc3c3cc(-c4ccc5c6ccc(-c7ccc8c(c7)[nH]c7ccccc78)cc6n(-c6ccccc6)c5c4)ccc32)cc1. The molecule has 238 valence electrons. The Morgan fingerprint density at radius 1 is 0.275 bits per heavy atom. The fourth-order valence-corrected chi connectivity index (χ4v) is 8.27. The number of rotatable bonds is 4. The second kappa shape index (κ2) is 10.8. The number of hydrogen-bond acceptors (Lipinski definition) is 0. The highest BCUT2D eigenvalue weighted by molar-refractivity contribution is 6.13. The van der Waals surface area contributed by atoms with Crippen molar-refractivity contribution in [2.45, 2.75) is 0 Å². The van der Waals surface area contributed by atoms with E-state index in [1.165, 1.54) is 87.8 Å². The Bertz CT molecular complexity index is 3120. The fraction of sp³-hybridized carbons (Fsp3) is 0. The minimum absolute atomic E-state index is 1.15. The standard InChI is InChI=1S/C48H31N3/c1-3-11-35(12-4-1)50-45-18-10-8-16-39(45)42-27-31(22-26-46(42)50)33-20-24-40-41-25-21-34(30-48(41)51(47(40)29-33)36-13-5-2-6-14-36)32-19-23-38-37-15-7-9-17-43(37)49-44(38)28-32/h1-30,49H. The lowest BCUT2D eigenvalue weighted by Gasteiger charge is -2.10. The molecule has 11 aromatic rings. The molecular weight excluding hydrogens is 619 g/mol. The Kier molecular flexibility index (Phi) is 5.96. The lowest BCUT2D eigenvalue weighted by molar-refractivity contribution is 1.18. The summed E-state index contributed by atoms with van der Waals surface area (Å²) in [5.41, 5.74) is 14.3. The van der Waals surface area contributed by atoms with E-state index in [0.717, 1.165) is 11.2 Å². The maximum atomic E-state index is 3.63. The molecule has 3 aromatic heterocycles. The molecule has 0 fully saturated rings. The number of aromatic nitrogens is 3. The lowest BCUT2D eigenvalue weighted by atomic mass is 10.00. The minimum atomic E-state index is 1.15. The number of aromatic amines is 1. The van der Waals surface area contributed by atoms with Gasteiger partial charge in [0.25, 0.3) is 0 Å². The first kappa shape index (κ1) is 28.0. The Hall–Kier alpha value is -6.84. The van der Waals surface area contributed by atoms with Gasteiger partial charge in [-0.05, 0) is 89.0 Å². The molecule has 3 heteroatoms. The predicted molar refractivity (Wildman–Crippen MR) is 215 cm³/mol. The van der Waals surface area contributed by atoms with E-state index in [-0.39, 0.29) is 0 Å². The topological polar surface area (TPSA) is 25.6 Å². The Morgan fingerprint density at radius 3 is 1.41 bits per heavy atom. The van der Waals surface area contributed by atoms with Crippen LogP contribution in [0.4, 0.5) is 0 Å². The van der Waals surface area contributed by atoms with Crippen LogP contribution in [0.5, 0.6) is 0 Å². The van der Waals surface area contributed by atoms with Crippen LogP contribution in [0.3, 0.4) is 0 Å². The molecule has 0 amide bonds. The normalized spacial score (nSPS) is 11.9. The molecule has 0 saturated carbocycles. The van der Waals surface area contributed by atoms with Gasteiger partial charge in [-0.2, -0.15) is 0 Å². The van der Waals surface area contributed by atoms with Crippen molar-refractivity contribution in [3.63, 3.8) is 0 Å². The van der Waals surface area contributed by atoms with E-state index < -0.39 is 0 Å². The molecule has 0 aliphatic heterocycles. The van der Waals surface area contributed by atoms with Gasteiger partial charge in [0.05, 0.1) is 22.1 Å². The van der Waals surface area contributed by atoms with Crippen LogP contribution in [0.15, 0.2) is 182 Å². The molecule has 3 heterocycles. The number of fused-ring (bicyclic) bond motifs is 9. The van der Waals surface area contributed by atoms with Crippen LogP contribution in [0.1, 0.15) is 0 Å². The Balaban J connectivity index is 1.10. The molecule has 8 aromatic carbocycles. The van der Waals surface area contributed by atoms with Gasteiger partial charge in [-0.1, -0.05) is 115 Å². The Morgan fingerprint density at radius 2 is 0.725 bits per heavy atom. The molecule has 0 unspecified atom stereocenters. The number of para-hydroxylation sites is 4. The number of nitrogens with zero attached hydrogens (tertiary/aromatic N) is 2. The molecule has 0 saturated heterocycles. The van der Waals surface area contributed by atoms with Gasteiger partial charge in [0, 0.05) is 54.7 Å². The van der Waals surface area contributed by atoms with Gasteiger partial charge in [0.15, 0.2) is 0 Å². The van der Waals surface area contributed by atoms with Gasteiger partial charge in [0.2, 0.25) is 0 Å². The van der Waals surface area contributed by atoms with Crippen molar-refractivity contribution in [1.82, 2.24) is 14.1 Å². The highest BCUT2D eigenvalue weighted by Crippen LogP contribution is 2.40. The van der Waals surface area contributed by atoms with Gasteiger partial charge in [0.1, 0.15) is 0 Å². The van der Waals surface area contributed by atoms with Gasteiger partial charge < -0.3 is 14.1 Å². The van der Waals surface area contributed by atoms with Crippen LogP contribution in [0, 0.1) is 0 Å². The monoisotopic (exact) mass is 649 g/mol. The third kappa shape index (κ3) is 4.25. The summed E-state index contributed by atoms with van der Waals surface area (Å²) >= 11 is 0. The molecule has 0 radical (unpaired) electrons. The van der Waals surface area contributed by atoms with Crippen molar-refractivity contribution in [1.29, 1.82) is 0 Å². The van der Waals surface area contributed by atoms with E-state index in [0.29, 0.717) is 0 Å². The smallest absolute Gasteiger partial charge is 0.0547 e. The molecule has 51 heavy (non-hydrogen) atoms. The quantitative estimate of drug-likeness (QED) is 0.196. The average molecular weight is 650 g/mol. The second-order valence-corrected chi connectivity index (χ2v) is 13.5. The van der Waals surface area contributed by atoms with Crippen LogP contribution in [-0.2, 0) is 0 Å². The zero-order valence-electron chi connectivity index (χ0n) is 27.7. The van der Waals surface area contributed by atoms with E-state index in [1.807, 2.05) is 0 Å². The van der Waals surface area contributed by atoms with E-state index >= 15 is 0 Å². The van der Waals surface area contributed by atoms with Crippen LogP contribution >= 0.6 is 0 Å². The minimum Gasteiger partial charge on any atom is -0.354 e. The fourth-order valence-electron chi connectivity index (χ4n) is 8.27. The summed E-state index contributed by atoms with van der Waals surface area (Å²) in [6.45, 7) is 0. The molecular formula is C48H31N3. The first-order chi connectivity index (χ1) is 25.3. The van der Waals surface area contributed by atoms with Crippen molar-refractivity contribution in [3.05, 3.63) is 182 Å². The number of H-pyrrole nitrogens is 1. The maximum absolute atomic E-state index is 3.63. The van der Waals surface area contributed by atoms with E-state index in [2.05, 4.69) is 196 Å². The van der Waals surface area contributed by atoms with Crippen molar-refractivity contribution >= 4 is 65.4 Å². The largest absolute Gasteiger partial charge is 0.354 e. The highest BCUT2D eigenvalue weighted by atomic mass is 15.0. The summed E-state index contributed by atoms with van der Waals surface area (Å²) in [5.74, 6) is 0. The highest BCUT2D eigenvalue weighted by Gasteiger charge is 2.17. The van der Waals surface area contributed by atoms with Crippen molar-refractivity contribution in [2.24, 2.45) is 0 Å². The number of nitrogens with one attached hydrogen (secondary N) is 1. The van der Waals surface area contributed by atoms with Crippen molar-refractivity contribution in [3.8, 4) is 33.6 Å². The molecule has 11 rings (SSSR count). The number of benzene rings is 8. The molecule has 1 N–H and O–H groups in total. The van der Waals surface area contributed by atoms with Gasteiger partial charge in [-0.25, -0.2) is 0 Å². The zero-order valence-corrected chi connectivity index (χ0v) is 27.7. The molecule has 3 nitrogen and oxygen atoms in total. The van der Waals surface area contributed by atoms with Crippen molar-refractivity contribution < 1.29 is 0 Å². The lowest BCUT2D eigenvalue weighted by Crippen LogP contribution is -1.94. The zero-order chi connectivity index (χ0) is 33.5. The molecule has 0 spiro atoms. The molecule has 0 bridgehead atoms. The van der Waals surface area contributed by atoms with E-state index in [9.17, 15) is 0 Å². The summed E-state index contributed by atoms with van der Waals surface area (Å²) in [6, 6.07) is 66.3. The summed E-state index contributed by atoms with van der Waals surface area (Å²) in [5, 5.41) is 7.53. The molecule has 0 aliphatic carbocycles. The van der Waals surface area contributed by atoms with E-state index in [1.54, 1.807) is 0 Å². The second-order valence-electron chi connectivity index (χ2n) is 13.5. The van der Waals surface area contributed by atoms with Crippen LogP contribution in [0.25, 0.3) is 99.0 Å². The first-order valence-corrected chi connectivity index (χ1v) is 17.5. The third-order valence-electron chi connectivity index (χ3n) is 10.6. The Labute approximate surface area is 294 Å². The van der Waals surface area contributed by atoms with Gasteiger partial charge >= 0.3 is 0 Å². The summed E-state index contributed by atoms with van der Waals surface area (Å²) in [4.78, 5) is 3.63. The average Bonchev–Trinajstić information content (AvgIpc) is 3.85. The molecule has 0 atom stereocenters. The van der Waals surface area contributed by atoms with Crippen LogP contribution < -0.4 is 0 Å². The van der Waals surface area contributed by atoms with Crippen LogP contribution in [0.2, 0.25) is 0 Å².